The van der Waals surface area contributed by atoms with Gasteiger partial charge in [-0.15, -0.1) is 0 Å². The van der Waals surface area contributed by atoms with E-state index in [1.807, 2.05) is 0 Å². The highest BCUT2D eigenvalue weighted by molar-refractivity contribution is 9.10. The van der Waals surface area contributed by atoms with Crippen LogP contribution in [-0.4, -0.2) is 9.97 Å². The Labute approximate surface area is 88.3 Å². The van der Waals surface area contributed by atoms with E-state index in [9.17, 15) is 4.39 Å². The highest BCUT2D eigenvalue weighted by Crippen LogP contribution is 2.28. The number of H-pyrrole nitrogens is 1. The Balaban J connectivity index is 2.60. The molecule has 0 bridgehead atoms. The molecular weight excluding hydrogens is 249 g/mol. The van der Waals surface area contributed by atoms with E-state index in [-0.39, 0.29) is 5.82 Å². The van der Waals surface area contributed by atoms with Gasteiger partial charge in [-0.3, -0.25) is 0 Å². The molecule has 0 radical (unpaired) electrons. The van der Waals surface area contributed by atoms with Crippen molar-refractivity contribution < 1.29 is 4.39 Å². The van der Waals surface area contributed by atoms with E-state index in [1.165, 1.54) is 12.1 Å². The van der Waals surface area contributed by atoms with Gasteiger partial charge in [0.15, 0.2) is 0 Å². The van der Waals surface area contributed by atoms with Gasteiger partial charge in [0.2, 0.25) is 0 Å². The van der Waals surface area contributed by atoms with Crippen LogP contribution in [0, 0.1) is 5.82 Å². The zero-order chi connectivity index (χ0) is 10.1. The second-order valence-electron chi connectivity index (χ2n) is 2.79. The Morgan fingerprint density at radius 3 is 2.86 bits per heavy atom. The van der Waals surface area contributed by atoms with Crippen LogP contribution in [0.15, 0.2) is 29.0 Å². The van der Waals surface area contributed by atoms with E-state index >= 15 is 0 Å². The largest absolute Gasteiger partial charge is 0.398 e. The Morgan fingerprint density at radius 2 is 2.21 bits per heavy atom. The molecule has 1 heterocycles. The fourth-order valence-corrected chi connectivity index (χ4v) is 1.54. The van der Waals surface area contributed by atoms with Crippen LogP contribution < -0.4 is 5.73 Å². The van der Waals surface area contributed by atoms with Crippen LogP contribution in [0.3, 0.4) is 0 Å². The Morgan fingerprint density at radius 1 is 1.43 bits per heavy atom. The molecule has 2 rings (SSSR count). The van der Waals surface area contributed by atoms with Crippen molar-refractivity contribution in [1.29, 1.82) is 0 Å². The van der Waals surface area contributed by atoms with Crippen LogP contribution >= 0.6 is 15.9 Å². The number of nitrogens with zero attached hydrogens (tertiary/aromatic N) is 1. The van der Waals surface area contributed by atoms with Gasteiger partial charge in [-0.25, -0.2) is 9.37 Å². The van der Waals surface area contributed by atoms with Gasteiger partial charge in [0.05, 0.1) is 4.47 Å². The molecule has 5 heteroatoms. The molecule has 0 atom stereocenters. The molecule has 1 aromatic carbocycles. The molecule has 1 aromatic heterocycles. The van der Waals surface area contributed by atoms with Crippen molar-refractivity contribution in [2.24, 2.45) is 0 Å². The molecular formula is C9H7BrFN3. The molecule has 3 N–H and O–H groups in total. The third kappa shape index (κ3) is 1.50. The molecule has 0 saturated carbocycles. The number of nitrogen functional groups attached to an aromatic ring is 1. The Kier molecular flexibility index (Phi) is 2.25. The van der Waals surface area contributed by atoms with E-state index < -0.39 is 0 Å². The first-order valence-electron chi connectivity index (χ1n) is 3.93. The van der Waals surface area contributed by atoms with Crippen LogP contribution in [-0.2, 0) is 0 Å². The molecule has 0 aliphatic rings. The topological polar surface area (TPSA) is 54.7 Å². The number of aromatic nitrogens is 2. The van der Waals surface area contributed by atoms with Gasteiger partial charge < -0.3 is 10.7 Å². The van der Waals surface area contributed by atoms with E-state index in [0.717, 1.165) is 0 Å². The molecule has 0 spiro atoms. The number of aromatic amines is 1. The summed E-state index contributed by atoms with van der Waals surface area (Å²) in [6.45, 7) is 0. The van der Waals surface area contributed by atoms with Gasteiger partial charge in [0.1, 0.15) is 11.6 Å². The lowest BCUT2D eigenvalue weighted by molar-refractivity contribution is 0.622. The fourth-order valence-electron chi connectivity index (χ4n) is 1.18. The maximum absolute atomic E-state index is 13.2. The molecule has 0 unspecified atom stereocenters. The van der Waals surface area contributed by atoms with E-state index in [1.54, 1.807) is 12.4 Å². The van der Waals surface area contributed by atoms with Crippen molar-refractivity contribution in [1.82, 2.24) is 9.97 Å². The summed E-state index contributed by atoms with van der Waals surface area (Å²) in [4.78, 5) is 6.87. The lowest BCUT2D eigenvalue weighted by Gasteiger charge is -2.03. The van der Waals surface area contributed by atoms with Crippen LogP contribution in [0.4, 0.5) is 10.1 Å². The number of imidazole rings is 1. The number of nitrogens with one attached hydrogen (secondary N) is 1. The minimum atomic E-state index is -0.356. The molecule has 72 valence electrons. The normalized spacial score (nSPS) is 10.4. The Hall–Kier alpha value is -1.36. The zero-order valence-corrected chi connectivity index (χ0v) is 8.68. The van der Waals surface area contributed by atoms with Gasteiger partial charge in [0.25, 0.3) is 0 Å². The van der Waals surface area contributed by atoms with E-state index in [2.05, 4.69) is 25.9 Å². The summed E-state index contributed by atoms with van der Waals surface area (Å²) in [5.41, 5.74) is 6.77. The van der Waals surface area contributed by atoms with Crippen molar-refractivity contribution in [2.75, 3.05) is 5.73 Å². The van der Waals surface area contributed by atoms with Gasteiger partial charge in [-0.2, -0.15) is 0 Å². The smallest absolute Gasteiger partial charge is 0.139 e. The predicted molar refractivity (Wildman–Crippen MR) is 56.1 cm³/mol. The minimum absolute atomic E-state index is 0.352. The van der Waals surface area contributed by atoms with Crippen LogP contribution in [0.5, 0.6) is 0 Å². The van der Waals surface area contributed by atoms with Crippen molar-refractivity contribution in [3.05, 3.63) is 34.8 Å². The minimum Gasteiger partial charge on any atom is -0.398 e. The van der Waals surface area contributed by atoms with Gasteiger partial charge in [-0.05, 0) is 28.1 Å². The van der Waals surface area contributed by atoms with Crippen LogP contribution in [0.1, 0.15) is 0 Å². The number of hydrogen-bond acceptors (Lipinski definition) is 2. The summed E-state index contributed by atoms with van der Waals surface area (Å²) in [6, 6.07) is 2.87. The maximum Gasteiger partial charge on any atom is 0.139 e. The predicted octanol–water partition coefficient (Wildman–Crippen LogP) is 2.56. The monoisotopic (exact) mass is 255 g/mol. The average molecular weight is 256 g/mol. The zero-order valence-electron chi connectivity index (χ0n) is 7.09. The molecule has 3 nitrogen and oxygen atoms in total. The summed E-state index contributed by atoms with van der Waals surface area (Å²) in [5, 5.41) is 0. The summed E-state index contributed by atoms with van der Waals surface area (Å²) in [5.74, 6) is 0.208. The second kappa shape index (κ2) is 3.42. The average Bonchev–Trinajstić information content (AvgIpc) is 2.64. The summed E-state index contributed by atoms with van der Waals surface area (Å²) in [6.07, 6.45) is 3.25. The number of nitrogens with two attached hydrogens (primary N) is 1. The maximum atomic E-state index is 13.2. The standard InChI is InChI=1S/C9H7BrFN3/c10-6-4-8(12)5(3-7(6)11)9-13-1-2-14-9/h1-4H,12H2,(H,13,14). The molecule has 0 saturated heterocycles. The highest BCUT2D eigenvalue weighted by Gasteiger charge is 2.09. The molecule has 0 amide bonds. The molecule has 14 heavy (non-hydrogen) atoms. The SMILES string of the molecule is Nc1cc(Br)c(F)cc1-c1ncc[nH]1. The fraction of sp³-hybridized carbons (Fsp3) is 0. The summed E-state index contributed by atoms with van der Waals surface area (Å²) >= 11 is 3.06. The molecule has 0 aliphatic carbocycles. The molecule has 2 aromatic rings. The number of anilines is 1. The van der Waals surface area contributed by atoms with Crippen LogP contribution in [0.25, 0.3) is 11.4 Å². The summed E-state index contributed by atoms with van der Waals surface area (Å²) < 4.78 is 13.6. The number of rotatable bonds is 1. The number of halogens is 2. The lowest BCUT2D eigenvalue weighted by Crippen LogP contribution is -1.93. The van der Waals surface area contributed by atoms with Gasteiger partial charge >= 0.3 is 0 Å². The third-order valence-corrected chi connectivity index (χ3v) is 2.45. The lowest BCUT2D eigenvalue weighted by atomic mass is 10.1. The van der Waals surface area contributed by atoms with Crippen molar-refractivity contribution in [2.45, 2.75) is 0 Å². The van der Waals surface area contributed by atoms with Crippen LogP contribution in [0.2, 0.25) is 0 Å². The summed E-state index contributed by atoms with van der Waals surface area (Å²) in [7, 11) is 0. The Bertz CT molecular complexity index is 453. The molecule has 0 fully saturated rings. The van der Waals surface area contributed by atoms with Crippen molar-refractivity contribution in [3.8, 4) is 11.4 Å². The van der Waals surface area contributed by atoms with E-state index in [4.69, 9.17) is 5.73 Å². The first kappa shape index (κ1) is 9.21. The molecule has 0 aliphatic heterocycles. The van der Waals surface area contributed by atoms with E-state index in [0.29, 0.717) is 21.5 Å². The first-order chi connectivity index (χ1) is 6.68. The number of hydrogen-bond donors (Lipinski definition) is 2. The number of benzene rings is 1. The second-order valence-corrected chi connectivity index (χ2v) is 3.65. The first-order valence-corrected chi connectivity index (χ1v) is 4.72. The van der Waals surface area contributed by atoms with Crippen molar-refractivity contribution in [3.63, 3.8) is 0 Å². The van der Waals surface area contributed by atoms with Gasteiger partial charge in [-0.1, -0.05) is 0 Å². The van der Waals surface area contributed by atoms with Gasteiger partial charge in [0, 0.05) is 23.6 Å². The van der Waals surface area contributed by atoms with Crippen molar-refractivity contribution >= 4 is 21.6 Å². The highest BCUT2D eigenvalue weighted by atomic mass is 79.9. The third-order valence-electron chi connectivity index (χ3n) is 1.85. The quantitative estimate of drug-likeness (QED) is 0.770.